The predicted octanol–water partition coefficient (Wildman–Crippen LogP) is 0.705. The van der Waals surface area contributed by atoms with Crippen molar-refractivity contribution in [3.8, 4) is 5.75 Å². The minimum absolute atomic E-state index is 0.104. The minimum Gasteiger partial charge on any atom is -0.508 e. The molecule has 0 saturated carbocycles. The van der Waals surface area contributed by atoms with Crippen molar-refractivity contribution in [3.63, 3.8) is 0 Å². The third kappa shape index (κ3) is 3.70. The van der Waals surface area contributed by atoms with E-state index in [1.807, 2.05) is 0 Å². The van der Waals surface area contributed by atoms with E-state index < -0.39 is 11.9 Å². The summed E-state index contributed by atoms with van der Waals surface area (Å²) in [6.07, 6.45) is 1.61. The highest BCUT2D eigenvalue weighted by Crippen LogP contribution is 2.17. The summed E-state index contributed by atoms with van der Waals surface area (Å²) in [7, 11) is 0. The number of aromatic amines is 1. The fourth-order valence-electron chi connectivity index (χ4n) is 2.00. The van der Waals surface area contributed by atoms with Crippen LogP contribution in [-0.2, 0) is 11.3 Å². The molecule has 0 aliphatic carbocycles. The van der Waals surface area contributed by atoms with E-state index in [0.29, 0.717) is 11.1 Å². The molecule has 5 N–H and O–H groups in total. The first-order valence-electron chi connectivity index (χ1n) is 6.47. The minimum atomic E-state index is -0.730. The molecule has 0 aliphatic rings. The van der Waals surface area contributed by atoms with E-state index in [0.717, 1.165) is 5.69 Å². The summed E-state index contributed by atoms with van der Waals surface area (Å²) in [5, 5.41) is 12.2. The van der Waals surface area contributed by atoms with Gasteiger partial charge in [-0.05, 0) is 24.6 Å². The lowest BCUT2D eigenvalue weighted by Gasteiger charge is -2.15. The molecule has 6 nitrogen and oxygen atoms in total. The molecule has 1 heterocycles. The molecule has 1 aromatic heterocycles. The number of phenols is 1. The van der Waals surface area contributed by atoms with Crippen LogP contribution in [0.15, 0.2) is 41.3 Å². The summed E-state index contributed by atoms with van der Waals surface area (Å²) < 4.78 is 0. The Morgan fingerprint density at radius 3 is 2.62 bits per heavy atom. The fraction of sp³-hybridized carbons (Fsp3) is 0.200. The van der Waals surface area contributed by atoms with Crippen LogP contribution >= 0.6 is 0 Å². The number of hydrogen-bond donors (Lipinski definition) is 4. The second kappa shape index (κ2) is 6.23. The molecular weight excluding hydrogens is 270 g/mol. The number of pyridine rings is 1. The van der Waals surface area contributed by atoms with E-state index in [-0.39, 0.29) is 17.7 Å². The maximum atomic E-state index is 11.8. The molecule has 2 aromatic rings. The molecule has 6 heteroatoms. The van der Waals surface area contributed by atoms with Crippen LogP contribution in [0.4, 0.5) is 0 Å². The maximum Gasteiger partial charge on any atom is 0.239 e. The van der Waals surface area contributed by atoms with Gasteiger partial charge in [-0.1, -0.05) is 12.1 Å². The van der Waals surface area contributed by atoms with Crippen molar-refractivity contribution in [2.24, 2.45) is 5.73 Å². The first-order valence-corrected chi connectivity index (χ1v) is 6.47. The number of rotatable bonds is 5. The summed E-state index contributed by atoms with van der Waals surface area (Å²) >= 11 is 0. The van der Waals surface area contributed by atoms with Crippen LogP contribution in [-0.4, -0.2) is 16.0 Å². The Kier molecular flexibility index (Phi) is 4.39. The Labute approximate surface area is 121 Å². The molecule has 0 spiro atoms. The van der Waals surface area contributed by atoms with Gasteiger partial charge in [0.15, 0.2) is 5.43 Å². The van der Waals surface area contributed by atoms with Crippen molar-refractivity contribution in [2.45, 2.75) is 19.5 Å². The molecule has 2 rings (SSSR count). The second-order valence-corrected chi connectivity index (χ2v) is 4.81. The third-order valence-electron chi connectivity index (χ3n) is 3.15. The van der Waals surface area contributed by atoms with E-state index >= 15 is 0 Å². The van der Waals surface area contributed by atoms with Crippen LogP contribution in [0.1, 0.15) is 22.9 Å². The van der Waals surface area contributed by atoms with E-state index in [1.54, 1.807) is 25.3 Å². The van der Waals surface area contributed by atoms with Crippen LogP contribution in [0.5, 0.6) is 5.75 Å². The van der Waals surface area contributed by atoms with Gasteiger partial charge in [0.1, 0.15) is 11.8 Å². The Hall–Kier alpha value is -2.60. The number of phenolic OH excluding ortho intramolecular Hbond substituents is 1. The van der Waals surface area contributed by atoms with Gasteiger partial charge < -0.3 is 15.8 Å². The number of carbonyl (C=O) groups is 1. The summed E-state index contributed by atoms with van der Waals surface area (Å²) in [6, 6.07) is 6.94. The monoisotopic (exact) mass is 287 g/mol. The first-order chi connectivity index (χ1) is 9.97. The highest BCUT2D eigenvalue weighted by Gasteiger charge is 2.17. The van der Waals surface area contributed by atoms with Crippen molar-refractivity contribution in [3.05, 3.63) is 63.6 Å². The molecular formula is C15H17N3O3. The lowest BCUT2D eigenvalue weighted by molar-refractivity contribution is -0.120. The molecule has 0 saturated heterocycles. The molecule has 21 heavy (non-hydrogen) atoms. The lowest BCUT2D eigenvalue weighted by atomic mass is 10.1. The van der Waals surface area contributed by atoms with Gasteiger partial charge in [0, 0.05) is 30.1 Å². The second-order valence-electron chi connectivity index (χ2n) is 4.81. The zero-order chi connectivity index (χ0) is 15.4. The lowest BCUT2D eigenvalue weighted by Crippen LogP contribution is -2.34. The zero-order valence-electron chi connectivity index (χ0n) is 11.6. The normalized spacial score (nSPS) is 12.0. The number of nitrogens with two attached hydrogens (primary N) is 1. The molecule has 0 fully saturated rings. The van der Waals surface area contributed by atoms with Gasteiger partial charge in [0.2, 0.25) is 5.91 Å². The molecule has 1 amide bonds. The largest absolute Gasteiger partial charge is 0.508 e. The standard InChI is InChI=1S/C15H17N3O3/c1-9-6-13(20)11(7-17-9)8-18-14(15(16)21)10-2-4-12(19)5-3-10/h2-7,14,18-19H,8H2,1H3,(H2,16,21)(H,17,20). The van der Waals surface area contributed by atoms with Crippen LogP contribution in [0.3, 0.4) is 0 Å². The van der Waals surface area contributed by atoms with Gasteiger partial charge in [0.25, 0.3) is 0 Å². The molecule has 1 aromatic carbocycles. The number of benzene rings is 1. The molecule has 1 unspecified atom stereocenters. The molecule has 0 radical (unpaired) electrons. The highest BCUT2D eigenvalue weighted by atomic mass is 16.3. The summed E-state index contributed by atoms with van der Waals surface area (Å²) in [5.41, 5.74) is 7.20. The van der Waals surface area contributed by atoms with E-state index in [4.69, 9.17) is 5.73 Å². The van der Waals surface area contributed by atoms with Gasteiger partial charge in [-0.3, -0.25) is 14.9 Å². The Morgan fingerprint density at radius 2 is 2.05 bits per heavy atom. The average Bonchev–Trinajstić information content (AvgIpc) is 2.42. The van der Waals surface area contributed by atoms with Crippen LogP contribution in [0, 0.1) is 6.92 Å². The van der Waals surface area contributed by atoms with Crippen molar-refractivity contribution in [1.82, 2.24) is 10.3 Å². The number of carbonyl (C=O) groups excluding carboxylic acids is 1. The third-order valence-corrected chi connectivity index (χ3v) is 3.15. The zero-order valence-corrected chi connectivity index (χ0v) is 11.6. The van der Waals surface area contributed by atoms with Gasteiger partial charge in [-0.2, -0.15) is 0 Å². The molecule has 1 atom stereocenters. The van der Waals surface area contributed by atoms with Crippen LogP contribution < -0.4 is 16.5 Å². The number of aromatic nitrogens is 1. The van der Waals surface area contributed by atoms with E-state index in [9.17, 15) is 14.7 Å². The van der Waals surface area contributed by atoms with Crippen molar-refractivity contribution < 1.29 is 9.90 Å². The van der Waals surface area contributed by atoms with Gasteiger partial charge in [-0.15, -0.1) is 0 Å². The quantitative estimate of drug-likeness (QED) is 0.649. The Morgan fingerprint density at radius 1 is 1.38 bits per heavy atom. The van der Waals surface area contributed by atoms with Crippen LogP contribution in [0.25, 0.3) is 0 Å². The van der Waals surface area contributed by atoms with Gasteiger partial charge in [-0.25, -0.2) is 0 Å². The van der Waals surface area contributed by atoms with Crippen LogP contribution in [0.2, 0.25) is 0 Å². The average molecular weight is 287 g/mol. The number of primary amides is 1. The maximum absolute atomic E-state index is 11.8. The smallest absolute Gasteiger partial charge is 0.239 e. The van der Waals surface area contributed by atoms with Crippen molar-refractivity contribution in [1.29, 1.82) is 0 Å². The van der Waals surface area contributed by atoms with Gasteiger partial charge >= 0.3 is 0 Å². The predicted molar refractivity (Wildman–Crippen MR) is 78.7 cm³/mol. The summed E-state index contributed by atoms with van der Waals surface area (Å²) in [4.78, 5) is 26.3. The Bertz CT molecular complexity index is 692. The number of nitrogens with one attached hydrogen (secondary N) is 2. The number of amides is 1. The number of H-pyrrole nitrogens is 1. The SMILES string of the molecule is Cc1cc(=O)c(CNC(C(N)=O)c2ccc(O)cc2)c[nH]1. The summed E-state index contributed by atoms with van der Waals surface area (Å²) in [6.45, 7) is 2.01. The molecule has 0 aliphatic heterocycles. The van der Waals surface area contributed by atoms with Crippen molar-refractivity contribution in [2.75, 3.05) is 0 Å². The number of aromatic hydroxyl groups is 1. The summed E-state index contributed by atoms with van der Waals surface area (Å²) in [5.74, 6) is -0.443. The Balaban J connectivity index is 2.15. The van der Waals surface area contributed by atoms with Crippen molar-refractivity contribution >= 4 is 5.91 Å². The van der Waals surface area contributed by atoms with Gasteiger partial charge in [0.05, 0.1) is 0 Å². The van der Waals surface area contributed by atoms with E-state index in [1.165, 1.54) is 18.2 Å². The highest BCUT2D eigenvalue weighted by molar-refractivity contribution is 5.81. The molecule has 0 bridgehead atoms. The number of aryl methyl sites for hydroxylation is 1. The van der Waals surface area contributed by atoms with E-state index in [2.05, 4.69) is 10.3 Å². The first kappa shape index (κ1) is 14.8. The number of hydrogen-bond acceptors (Lipinski definition) is 4. The fourth-order valence-corrected chi connectivity index (χ4v) is 2.00. The topological polar surface area (TPSA) is 108 Å². The molecule has 110 valence electrons.